The molecule has 0 spiro atoms. The number of carbonyl (C=O) groups excluding carboxylic acids is 1. The first kappa shape index (κ1) is 21.8. The first-order chi connectivity index (χ1) is 12.7. The number of aliphatic imine (C=N–C) groups is 1. The summed E-state index contributed by atoms with van der Waals surface area (Å²) in [6.45, 7) is 16.7. The molecule has 0 atom stereocenters. The SMILES string of the molecule is CCNC(=NCC(C)C)N1CCC(N(CC2CC2)C(=O)OC(C)(C)C)CC1. The number of likely N-dealkylation sites (tertiary alicyclic amines) is 1. The third kappa shape index (κ3) is 7.59. The van der Waals surface area contributed by atoms with Crippen LogP contribution in [0.5, 0.6) is 0 Å². The maximum Gasteiger partial charge on any atom is 0.410 e. The van der Waals surface area contributed by atoms with E-state index in [0.29, 0.717) is 11.8 Å². The second-order valence-corrected chi connectivity index (χ2v) is 9.38. The largest absolute Gasteiger partial charge is 0.444 e. The van der Waals surface area contributed by atoms with Crippen molar-refractivity contribution in [2.45, 2.75) is 78.9 Å². The predicted octanol–water partition coefficient (Wildman–Crippen LogP) is 3.72. The van der Waals surface area contributed by atoms with Gasteiger partial charge in [0.05, 0.1) is 0 Å². The quantitative estimate of drug-likeness (QED) is 0.564. The molecule has 0 aromatic heterocycles. The summed E-state index contributed by atoms with van der Waals surface area (Å²) in [5.41, 5.74) is -0.443. The molecule has 2 rings (SSSR count). The monoisotopic (exact) mass is 380 g/mol. The third-order valence-electron chi connectivity index (χ3n) is 4.93. The predicted molar refractivity (Wildman–Crippen MR) is 111 cm³/mol. The Bertz CT molecular complexity index is 501. The van der Waals surface area contributed by atoms with Gasteiger partial charge in [0.15, 0.2) is 5.96 Å². The van der Waals surface area contributed by atoms with Crippen LogP contribution in [0.4, 0.5) is 4.79 Å². The average molecular weight is 381 g/mol. The highest BCUT2D eigenvalue weighted by Gasteiger charge is 2.35. The van der Waals surface area contributed by atoms with E-state index < -0.39 is 5.60 Å². The lowest BCUT2D eigenvalue weighted by molar-refractivity contribution is 0.00928. The number of nitrogens with zero attached hydrogens (tertiary/aromatic N) is 3. The fourth-order valence-electron chi connectivity index (χ4n) is 3.36. The maximum atomic E-state index is 12.8. The van der Waals surface area contributed by atoms with Crippen LogP contribution in [0.2, 0.25) is 0 Å². The minimum absolute atomic E-state index is 0.145. The van der Waals surface area contributed by atoms with Gasteiger partial charge in [-0.3, -0.25) is 4.99 Å². The summed E-state index contributed by atoms with van der Waals surface area (Å²) in [6, 6.07) is 0.268. The van der Waals surface area contributed by atoms with Crippen LogP contribution in [0.25, 0.3) is 0 Å². The summed E-state index contributed by atoms with van der Waals surface area (Å²) in [4.78, 5) is 21.9. The lowest BCUT2D eigenvalue weighted by Crippen LogP contribution is -2.52. The number of hydrogen-bond acceptors (Lipinski definition) is 3. The molecule has 0 unspecified atom stereocenters. The van der Waals surface area contributed by atoms with Crippen LogP contribution in [0.15, 0.2) is 4.99 Å². The van der Waals surface area contributed by atoms with E-state index in [1.54, 1.807) is 0 Å². The first-order valence-corrected chi connectivity index (χ1v) is 10.7. The molecule has 0 bridgehead atoms. The van der Waals surface area contributed by atoms with Gasteiger partial charge in [-0.05, 0) is 65.2 Å². The molecule has 1 aliphatic carbocycles. The summed E-state index contributed by atoms with van der Waals surface area (Å²) >= 11 is 0. The normalized spacial score (nSPS) is 19.4. The van der Waals surface area contributed by atoms with Gasteiger partial charge in [0.1, 0.15) is 5.60 Å². The molecule has 1 saturated heterocycles. The van der Waals surface area contributed by atoms with Crippen molar-refractivity contribution in [1.82, 2.24) is 15.1 Å². The zero-order chi connectivity index (χ0) is 20.0. The second kappa shape index (κ2) is 9.65. The highest BCUT2D eigenvalue weighted by atomic mass is 16.6. The molecule has 1 N–H and O–H groups in total. The summed E-state index contributed by atoms with van der Waals surface area (Å²) < 4.78 is 5.70. The van der Waals surface area contributed by atoms with Gasteiger partial charge in [0, 0.05) is 38.8 Å². The molecule has 2 aliphatic rings. The number of carbonyl (C=O) groups is 1. The Labute approximate surface area is 165 Å². The molecule has 27 heavy (non-hydrogen) atoms. The molecule has 0 aromatic carbocycles. The van der Waals surface area contributed by atoms with E-state index in [2.05, 4.69) is 31.0 Å². The van der Waals surface area contributed by atoms with Crippen molar-refractivity contribution in [2.75, 3.05) is 32.7 Å². The number of hydrogen-bond donors (Lipinski definition) is 1. The van der Waals surface area contributed by atoms with Crippen LogP contribution < -0.4 is 5.32 Å². The molecular formula is C21H40N4O2. The van der Waals surface area contributed by atoms with E-state index in [1.165, 1.54) is 12.8 Å². The molecule has 1 heterocycles. The molecular weight excluding hydrogens is 340 g/mol. The molecule has 0 radical (unpaired) electrons. The van der Waals surface area contributed by atoms with Gasteiger partial charge in [-0.15, -0.1) is 0 Å². The van der Waals surface area contributed by atoms with Crippen molar-refractivity contribution in [3.05, 3.63) is 0 Å². The smallest absolute Gasteiger partial charge is 0.410 e. The highest BCUT2D eigenvalue weighted by molar-refractivity contribution is 5.80. The lowest BCUT2D eigenvalue weighted by atomic mass is 10.0. The summed E-state index contributed by atoms with van der Waals surface area (Å²) in [5, 5.41) is 3.42. The van der Waals surface area contributed by atoms with Crippen LogP contribution in [0.1, 0.15) is 67.2 Å². The Kier molecular flexibility index (Phi) is 7.80. The van der Waals surface area contributed by atoms with Gasteiger partial charge in [-0.1, -0.05) is 13.8 Å². The topological polar surface area (TPSA) is 57.2 Å². The molecule has 6 nitrogen and oxygen atoms in total. The van der Waals surface area contributed by atoms with E-state index in [9.17, 15) is 4.79 Å². The summed E-state index contributed by atoms with van der Waals surface area (Å²) in [5.74, 6) is 2.23. The van der Waals surface area contributed by atoms with Gasteiger partial charge in [-0.2, -0.15) is 0 Å². The fraction of sp³-hybridized carbons (Fsp3) is 0.905. The molecule has 6 heteroatoms. The van der Waals surface area contributed by atoms with E-state index in [-0.39, 0.29) is 12.1 Å². The number of rotatable bonds is 6. The second-order valence-electron chi connectivity index (χ2n) is 9.38. The molecule has 1 saturated carbocycles. The molecule has 1 amide bonds. The van der Waals surface area contributed by atoms with Crippen LogP contribution in [0.3, 0.4) is 0 Å². The first-order valence-electron chi connectivity index (χ1n) is 10.7. The van der Waals surface area contributed by atoms with Crippen molar-refractivity contribution in [2.24, 2.45) is 16.8 Å². The van der Waals surface area contributed by atoms with E-state index in [0.717, 1.165) is 51.5 Å². The minimum Gasteiger partial charge on any atom is -0.444 e. The zero-order valence-corrected chi connectivity index (χ0v) is 18.3. The number of guanidine groups is 1. The summed E-state index contributed by atoms with van der Waals surface area (Å²) in [7, 11) is 0. The van der Waals surface area contributed by atoms with Crippen molar-refractivity contribution in [3.8, 4) is 0 Å². The fourth-order valence-corrected chi connectivity index (χ4v) is 3.36. The standard InChI is InChI=1S/C21H40N4O2/c1-7-22-19(23-14-16(2)3)24-12-10-18(11-13-24)25(15-17-8-9-17)20(26)27-21(4,5)6/h16-18H,7-15H2,1-6H3,(H,22,23). The van der Waals surface area contributed by atoms with Crippen LogP contribution in [0, 0.1) is 11.8 Å². The van der Waals surface area contributed by atoms with Gasteiger partial charge in [0.2, 0.25) is 0 Å². The Balaban J connectivity index is 1.97. The highest BCUT2D eigenvalue weighted by Crippen LogP contribution is 2.32. The van der Waals surface area contributed by atoms with Gasteiger partial charge in [0.25, 0.3) is 0 Å². The van der Waals surface area contributed by atoms with Gasteiger partial charge < -0.3 is 19.9 Å². The number of piperidine rings is 1. The minimum atomic E-state index is -0.443. The van der Waals surface area contributed by atoms with Crippen LogP contribution >= 0.6 is 0 Å². The van der Waals surface area contributed by atoms with Gasteiger partial charge >= 0.3 is 6.09 Å². The number of amides is 1. The molecule has 2 fully saturated rings. The lowest BCUT2D eigenvalue weighted by Gasteiger charge is -2.40. The zero-order valence-electron chi connectivity index (χ0n) is 18.3. The number of ether oxygens (including phenoxy) is 1. The Hall–Kier alpha value is -1.46. The third-order valence-corrected chi connectivity index (χ3v) is 4.93. The summed E-state index contributed by atoms with van der Waals surface area (Å²) in [6.07, 6.45) is 4.28. The average Bonchev–Trinajstić information content (AvgIpc) is 3.39. The van der Waals surface area contributed by atoms with Crippen LogP contribution in [-0.2, 0) is 4.74 Å². The van der Waals surface area contributed by atoms with Crippen molar-refractivity contribution in [1.29, 1.82) is 0 Å². The van der Waals surface area contributed by atoms with E-state index in [4.69, 9.17) is 9.73 Å². The van der Waals surface area contributed by atoms with Crippen molar-refractivity contribution < 1.29 is 9.53 Å². The van der Waals surface area contributed by atoms with Gasteiger partial charge in [-0.25, -0.2) is 4.79 Å². The molecule has 156 valence electrons. The molecule has 1 aliphatic heterocycles. The van der Waals surface area contributed by atoms with E-state index >= 15 is 0 Å². The number of nitrogens with one attached hydrogen (secondary N) is 1. The van der Waals surface area contributed by atoms with Crippen molar-refractivity contribution >= 4 is 12.1 Å². The Morgan fingerprint density at radius 2 is 1.85 bits per heavy atom. The Morgan fingerprint density at radius 1 is 1.22 bits per heavy atom. The maximum absolute atomic E-state index is 12.8. The van der Waals surface area contributed by atoms with Crippen LogP contribution in [-0.4, -0.2) is 66.2 Å². The Morgan fingerprint density at radius 3 is 2.33 bits per heavy atom. The molecule has 0 aromatic rings. The van der Waals surface area contributed by atoms with Crippen molar-refractivity contribution in [3.63, 3.8) is 0 Å². The van der Waals surface area contributed by atoms with E-state index in [1.807, 2.05) is 25.7 Å².